The SMILES string of the molecule is CN(C(=O)c1ccccc1)[C@H]1CC[C@H](CS(=O)(=O)[O-])CC1.[Na+]. The number of hydrogen-bond donors (Lipinski definition) is 0. The van der Waals surface area contributed by atoms with Crippen LogP contribution in [0.2, 0.25) is 0 Å². The molecule has 0 bridgehead atoms. The van der Waals surface area contributed by atoms with Gasteiger partial charge in [0.05, 0.1) is 10.1 Å². The van der Waals surface area contributed by atoms with Gasteiger partial charge in [-0.25, -0.2) is 8.42 Å². The molecule has 0 unspecified atom stereocenters. The summed E-state index contributed by atoms with van der Waals surface area (Å²) in [4.78, 5) is 14.1. The van der Waals surface area contributed by atoms with E-state index in [4.69, 9.17) is 0 Å². The van der Waals surface area contributed by atoms with Gasteiger partial charge in [-0.15, -0.1) is 0 Å². The number of carbonyl (C=O) groups excluding carboxylic acids is 1. The van der Waals surface area contributed by atoms with Gasteiger partial charge in [0.2, 0.25) is 0 Å². The molecule has 5 nitrogen and oxygen atoms in total. The van der Waals surface area contributed by atoms with Crippen LogP contribution >= 0.6 is 0 Å². The second-order valence-corrected chi connectivity index (χ2v) is 7.13. The summed E-state index contributed by atoms with van der Waals surface area (Å²) in [6.45, 7) is 0. The molecule has 0 aromatic heterocycles. The maximum Gasteiger partial charge on any atom is 1.00 e. The fourth-order valence-corrected chi connectivity index (χ4v) is 3.85. The van der Waals surface area contributed by atoms with Crippen LogP contribution < -0.4 is 29.6 Å². The molecule has 1 aliphatic rings. The van der Waals surface area contributed by atoms with Crippen molar-refractivity contribution in [3.63, 3.8) is 0 Å². The van der Waals surface area contributed by atoms with Crippen LogP contribution in [0, 0.1) is 5.92 Å². The van der Waals surface area contributed by atoms with E-state index >= 15 is 0 Å². The largest absolute Gasteiger partial charge is 1.00 e. The van der Waals surface area contributed by atoms with E-state index in [9.17, 15) is 17.8 Å². The van der Waals surface area contributed by atoms with Crippen molar-refractivity contribution in [1.29, 1.82) is 0 Å². The third kappa shape index (κ3) is 5.66. The van der Waals surface area contributed by atoms with E-state index in [2.05, 4.69) is 0 Å². The Kier molecular flexibility index (Phi) is 7.55. The minimum Gasteiger partial charge on any atom is -0.748 e. The van der Waals surface area contributed by atoms with E-state index in [1.165, 1.54) is 0 Å². The summed E-state index contributed by atoms with van der Waals surface area (Å²) in [6.07, 6.45) is 2.85. The van der Waals surface area contributed by atoms with Gasteiger partial charge in [0, 0.05) is 24.4 Å². The maximum absolute atomic E-state index is 12.3. The van der Waals surface area contributed by atoms with E-state index in [0.29, 0.717) is 18.4 Å². The van der Waals surface area contributed by atoms with E-state index < -0.39 is 10.1 Å². The molecule has 0 aliphatic heterocycles. The molecule has 1 aromatic rings. The summed E-state index contributed by atoms with van der Waals surface area (Å²) >= 11 is 0. The number of hydrogen-bond acceptors (Lipinski definition) is 4. The van der Waals surface area contributed by atoms with Gasteiger partial charge >= 0.3 is 29.6 Å². The molecule has 0 radical (unpaired) electrons. The summed E-state index contributed by atoms with van der Waals surface area (Å²) in [6, 6.07) is 9.21. The molecule has 1 fully saturated rings. The molecule has 1 saturated carbocycles. The first kappa shape index (κ1) is 19.6. The van der Waals surface area contributed by atoms with Crippen molar-refractivity contribution in [2.45, 2.75) is 31.7 Å². The summed E-state index contributed by atoms with van der Waals surface area (Å²) in [5.74, 6) is -0.366. The minimum absolute atomic E-state index is 0. The predicted molar refractivity (Wildman–Crippen MR) is 78.8 cm³/mol. The molecular formula is C15H20NNaO4S. The number of carbonyl (C=O) groups is 1. The zero-order valence-electron chi connectivity index (χ0n) is 13.1. The van der Waals surface area contributed by atoms with Crippen molar-refractivity contribution >= 4 is 16.0 Å². The van der Waals surface area contributed by atoms with Crippen molar-refractivity contribution in [2.24, 2.45) is 5.92 Å². The van der Waals surface area contributed by atoms with Crippen molar-refractivity contribution in [3.8, 4) is 0 Å². The fourth-order valence-electron chi connectivity index (χ4n) is 2.94. The van der Waals surface area contributed by atoms with Crippen LogP contribution in [0.25, 0.3) is 0 Å². The summed E-state index contributed by atoms with van der Waals surface area (Å²) in [7, 11) is -2.37. The van der Waals surface area contributed by atoms with Crippen LogP contribution in [0.5, 0.6) is 0 Å². The Bertz CT molecular complexity index is 583. The van der Waals surface area contributed by atoms with Crippen molar-refractivity contribution in [1.82, 2.24) is 4.90 Å². The van der Waals surface area contributed by atoms with Crippen molar-refractivity contribution < 1.29 is 47.3 Å². The molecule has 0 heterocycles. The van der Waals surface area contributed by atoms with Gasteiger partial charge in [0.1, 0.15) is 0 Å². The van der Waals surface area contributed by atoms with E-state index in [-0.39, 0.29) is 53.2 Å². The quantitative estimate of drug-likeness (QED) is 0.516. The topological polar surface area (TPSA) is 77.5 Å². The molecule has 1 amide bonds. The predicted octanol–water partition coefficient (Wildman–Crippen LogP) is -1.13. The molecule has 0 N–H and O–H groups in total. The van der Waals surface area contributed by atoms with E-state index in [1.54, 1.807) is 24.1 Å². The first-order chi connectivity index (χ1) is 9.87. The average Bonchev–Trinajstić information content (AvgIpc) is 2.46. The Hall–Kier alpha value is -0.400. The molecule has 0 spiro atoms. The second kappa shape index (κ2) is 8.45. The number of nitrogens with zero attached hydrogens (tertiary/aromatic N) is 1. The minimum atomic E-state index is -4.15. The van der Waals surface area contributed by atoms with E-state index in [0.717, 1.165) is 12.8 Å². The van der Waals surface area contributed by atoms with Gasteiger partial charge in [0.15, 0.2) is 0 Å². The Morgan fingerprint density at radius 2 is 1.73 bits per heavy atom. The molecule has 0 atom stereocenters. The number of amides is 1. The second-order valence-electron chi connectivity index (χ2n) is 5.68. The van der Waals surface area contributed by atoms with Gasteiger partial charge in [-0.3, -0.25) is 4.79 Å². The summed E-state index contributed by atoms with van der Waals surface area (Å²) in [5, 5.41) is 0. The number of benzene rings is 1. The van der Waals surface area contributed by atoms with Crippen molar-refractivity contribution in [3.05, 3.63) is 35.9 Å². The average molecular weight is 333 g/mol. The van der Waals surface area contributed by atoms with Crippen LogP contribution in [0.3, 0.4) is 0 Å². The Morgan fingerprint density at radius 1 is 1.18 bits per heavy atom. The van der Waals surface area contributed by atoms with E-state index in [1.807, 2.05) is 18.2 Å². The van der Waals surface area contributed by atoms with Gasteiger partial charge in [-0.2, -0.15) is 0 Å². The fraction of sp³-hybridized carbons (Fsp3) is 0.533. The molecule has 1 aromatic carbocycles. The zero-order valence-corrected chi connectivity index (χ0v) is 15.9. The third-order valence-electron chi connectivity index (χ3n) is 4.14. The molecule has 0 saturated heterocycles. The Balaban J connectivity index is 0.00000242. The molecule has 22 heavy (non-hydrogen) atoms. The molecule has 2 rings (SSSR count). The van der Waals surface area contributed by atoms with Gasteiger partial charge < -0.3 is 9.45 Å². The van der Waals surface area contributed by atoms with Gasteiger partial charge in [-0.05, 0) is 43.7 Å². The Labute approximate surface area is 154 Å². The van der Waals surface area contributed by atoms with Crippen LogP contribution in [0.1, 0.15) is 36.0 Å². The smallest absolute Gasteiger partial charge is 0.748 e. The first-order valence-electron chi connectivity index (χ1n) is 7.12. The van der Waals surface area contributed by atoms with Crippen LogP contribution in [0.15, 0.2) is 30.3 Å². The van der Waals surface area contributed by atoms with Crippen molar-refractivity contribution in [2.75, 3.05) is 12.8 Å². The van der Waals surface area contributed by atoms with Gasteiger partial charge in [0.25, 0.3) is 5.91 Å². The Morgan fingerprint density at radius 3 is 2.23 bits per heavy atom. The summed E-state index contributed by atoms with van der Waals surface area (Å²) < 4.78 is 32.4. The maximum atomic E-state index is 12.3. The first-order valence-corrected chi connectivity index (χ1v) is 8.70. The van der Waals surface area contributed by atoms with Gasteiger partial charge in [-0.1, -0.05) is 18.2 Å². The molecule has 116 valence electrons. The monoisotopic (exact) mass is 333 g/mol. The molecule has 1 aliphatic carbocycles. The third-order valence-corrected chi connectivity index (χ3v) is 5.02. The standard InChI is InChI=1S/C15H21NO4S.Na/c1-16(15(17)13-5-3-2-4-6-13)14-9-7-12(8-10-14)11-21(18,19)20;/h2-6,12,14H,7-11H2,1H3,(H,18,19,20);/q;+1/p-1/t12-,14-;. The number of rotatable bonds is 4. The molecule has 7 heteroatoms. The summed E-state index contributed by atoms with van der Waals surface area (Å²) in [5.41, 5.74) is 0.657. The molecular weight excluding hydrogens is 313 g/mol. The van der Waals surface area contributed by atoms with Crippen LogP contribution in [-0.4, -0.2) is 42.6 Å². The van der Waals surface area contributed by atoms with Crippen LogP contribution in [0.4, 0.5) is 0 Å². The normalized spacial score (nSPS) is 21.7. The van der Waals surface area contributed by atoms with Crippen LogP contribution in [-0.2, 0) is 10.1 Å². The zero-order chi connectivity index (χ0) is 15.5.